The normalized spacial score (nSPS) is 11.6. The van der Waals surface area contributed by atoms with Gasteiger partial charge in [-0.15, -0.1) is 5.10 Å². The molecule has 0 aliphatic heterocycles. The van der Waals surface area contributed by atoms with Crippen LogP contribution in [0.2, 0.25) is 0 Å². The SMILES string of the molecule is C/C(=N\Nc1c(F)c(F)nc(F)c1F)c1cccc(-n2cnnn2)c1. The van der Waals surface area contributed by atoms with Gasteiger partial charge in [0.15, 0.2) is 0 Å². The van der Waals surface area contributed by atoms with Gasteiger partial charge in [0.25, 0.3) is 11.9 Å². The van der Waals surface area contributed by atoms with Crippen LogP contribution >= 0.6 is 0 Å². The lowest BCUT2D eigenvalue weighted by Crippen LogP contribution is -2.08. The Hall–Kier alpha value is -3.37. The van der Waals surface area contributed by atoms with Crippen LogP contribution in [-0.4, -0.2) is 30.9 Å². The number of nitrogens with one attached hydrogen (secondary N) is 1. The summed E-state index contributed by atoms with van der Waals surface area (Å²) < 4.78 is 54.6. The number of hydrazone groups is 1. The average molecular weight is 351 g/mol. The second kappa shape index (κ2) is 6.63. The van der Waals surface area contributed by atoms with Gasteiger partial charge in [-0.25, -0.2) is 4.68 Å². The predicted octanol–water partition coefficient (Wildman–Crippen LogP) is 2.45. The second-order valence-electron chi connectivity index (χ2n) is 4.81. The van der Waals surface area contributed by atoms with Crippen molar-refractivity contribution >= 4 is 11.4 Å². The van der Waals surface area contributed by atoms with E-state index in [1.54, 1.807) is 24.3 Å². The maximum Gasteiger partial charge on any atom is 0.254 e. The molecule has 128 valence electrons. The Morgan fingerprint density at radius 2 is 1.84 bits per heavy atom. The molecule has 0 atom stereocenters. The first-order valence-corrected chi connectivity index (χ1v) is 6.81. The maximum absolute atomic E-state index is 13.5. The highest BCUT2D eigenvalue weighted by Crippen LogP contribution is 2.22. The van der Waals surface area contributed by atoms with E-state index in [4.69, 9.17) is 0 Å². The highest BCUT2D eigenvalue weighted by atomic mass is 19.2. The zero-order chi connectivity index (χ0) is 18.0. The Morgan fingerprint density at radius 3 is 2.48 bits per heavy atom. The van der Waals surface area contributed by atoms with Crippen molar-refractivity contribution in [1.82, 2.24) is 25.2 Å². The van der Waals surface area contributed by atoms with Crippen LogP contribution < -0.4 is 5.43 Å². The first-order valence-electron chi connectivity index (χ1n) is 6.81. The first kappa shape index (κ1) is 16.5. The summed E-state index contributed by atoms with van der Waals surface area (Å²) in [5.41, 5.74) is 2.40. The summed E-state index contributed by atoms with van der Waals surface area (Å²) in [5.74, 6) is -6.87. The maximum atomic E-state index is 13.5. The number of halogens is 4. The fourth-order valence-corrected chi connectivity index (χ4v) is 1.94. The molecule has 1 aromatic carbocycles. The largest absolute Gasteiger partial charge is 0.272 e. The predicted molar refractivity (Wildman–Crippen MR) is 79.1 cm³/mol. The number of rotatable bonds is 4. The average Bonchev–Trinajstić information content (AvgIpc) is 3.14. The highest BCUT2D eigenvalue weighted by Gasteiger charge is 2.20. The molecule has 0 saturated carbocycles. The van der Waals surface area contributed by atoms with Gasteiger partial charge in [0, 0.05) is 0 Å². The van der Waals surface area contributed by atoms with E-state index >= 15 is 0 Å². The van der Waals surface area contributed by atoms with E-state index in [0.29, 0.717) is 17.0 Å². The summed E-state index contributed by atoms with van der Waals surface area (Å²) in [5, 5.41) is 14.5. The van der Waals surface area contributed by atoms with E-state index in [0.717, 1.165) is 0 Å². The molecule has 3 aromatic rings. The lowest BCUT2D eigenvalue weighted by Gasteiger charge is -2.07. The molecule has 25 heavy (non-hydrogen) atoms. The van der Waals surface area contributed by atoms with Crippen LogP contribution in [0.25, 0.3) is 5.69 Å². The van der Waals surface area contributed by atoms with Crippen LogP contribution in [0.15, 0.2) is 35.7 Å². The summed E-state index contributed by atoms with van der Waals surface area (Å²) in [7, 11) is 0. The molecule has 0 aliphatic rings. The molecule has 3 rings (SSSR count). The highest BCUT2D eigenvalue weighted by molar-refractivity contribution is 5.99. The minimum absolute atomic E-state index is 0.298. The zero-order valence-corrected chi connectivity index (χ0v) is 12.6. The summed E-state index contributed by atoms with van der Waals surface area (Å²) in [6.07, 6.45) is 1.39. The quantitative estimate of drug-likeness (QED) is 0.338. The van der Waals surface area contributed by atoms with Crippen LogP contribution in [0.3, 0.4) is 0 Å². The fraction of sp³-hybridized carbons (Fsp3) is 0.0714. The number of tetrazole rings is 1. The molecule has 0 spiro atoms. The topological polar surface area (TPSA) is 80.9 Å². The van der Waals surface area contributed by atoms with E-state index in [1.165, 1.54) is 17.9 Å². The summed E-state index contributed by atoms with van der Waals surface area (Å²) >= 11 is 0. The number of hydrogen-bond acceptors (Lipinski definition) is 6. The van der Waals surface area contributed by atoms with Gasteiger partial charge in [-0.1, -0.05) is 12.1 Å². The number of pyridine rings is 1. The van der Waals surface area contributed by atoms with E-state index < -0.39 is 29.2 Å². The molecule has 11 heteroatoms. The molecule has 0 radical (unpaired) electrons. The zero-order valence-electron chi connectivity index (χ0n) is 12.6. The third-order valence-electron chi connectivity index (χ3n) is 3.21. The van der Waals surface area contributed by atoms with Crippen molar-refractivity contribution in [2.75, 3.05) is 5.43 Å². The van der Waals surface area contributed by atoms with Crippen LogP contribution in [0.5, 0.6) is 0 Å². The summed E-state index contributed by atoms with van der Waals surface area (Å²) in [6, 6.07) is 6.76. The Morgan fingerprint density at radius 1 is 1.12 bits per heavy atom. The number of hydrogen-bond donors (Lipinski definition) is 1. The first-order chi connectivity index (χ1) is 12.0. The minimum atomic E-state index is -1.77. The van der Waals surface area contributed by atoms with Crippen molar-refractivity contribution in [1.29, 1.82) is 0 Å². The molecule has 7 nitrogen and oxygen atoms in total. The van der Waals surface area contributed by atoms with Crippen molar-refractivity contribution in [2.24, 2.45) is 5.10 Å². The van der Waals surface area contributed by atoms with Gasteiger partial charge >= 0.3 is 0 Å². The van der Waals surface area contributed by atoms with E-state index in [1.807, 2.05) is 5.43 Å². The fourth-order valence-electron chi connectivity index (χ4n) is 1.94. The Labute approximate surface area is 138 Å². The van der Waals surface area contributed by atoms with E-state index in [-0.39, 0.29) is 0 Å². The molecule has 2 heterocycles. The Kier molecular flexibility index (Phi) is 4.37. The molecule has 0 aliphatic carbocycles. The standard InChI is InChI=1S/C14H9F4N7/c1-7(8-3-2-4-9(5-8)25-6-19-23-24-25)21-22-12-10(15)13(17)20-14(18)11(12)16/h2-6H,1H3,(H,20,22)/b21-7+. The third-order valence-corrected chi connectivity index (χ3v) is 3.21. The second-order valence-corrected chi connectivity index (χ2v) is 4.81. The Balaban J connectivity index is 1.90. The molecule has 0 saturated heterocycles. The van der Waals surface area contributed by atoms with Gasteiger partial charge < -0.3 is 0 Å². The van der Waals surface area contributed by atoms with Crippen LogP contribution in [0.4, 0.5) is 23.2 Å². The van der Waals surface area contributed by atoms with Gasteiger partial charge in [0.1, 0.15) is 12.0 Å². The van der Waals surface area contributed by atoms with Crippen molar-refractivity contribution in [2.45, 2.75) is 6.92 Å². The van der Waals surface area contributed by atoms with Crippen molar-refractivity contribution in [3.63, 3.8) is 0 Å². The molecule has 0 amide bonds. The Bertz CT molecular complexity index is 914. The van der Waals surface area contributed by atoms with Crippen molar-refractivity contribution in [3.05, 3.63) is 59.7 Å². The van der Waals surface area contributed by atoms with Crippen LogP contribution in [-0.2, 0) is 0 Å². The molecule has 0 fully saturated rings. The van der Waals surface area contributed by atoms with Crippen LogP contribution in [0.1, 0.15) is 12.5 Å². The number of aromatic nitrogens is 5. The monoisotopic (exact) mass is 351 g/mol. The minimum Gasteiger partial charge on any atom is -0.272 e. The molecule has 2 aromatic heterocycles. The molecule has 1 N–H and O–H groups in total. The number of benzene rings is 1. The lowest BCUT2D eigenvalue weighted by atomic mass is 10.1. The summed E-state index contributed by atoms with van der Waals surface area (Å²) in [4.78, 5) is 2.47. The lowest BCUT2D eigenvalue weighted by molar-refractivity contribution is 0.411. The van der Waals surface area contributed by atoms with Gasteiger partial charge in [0.2, 0.25) is 11.6 Å². The van der Waals surface area contributed by atoms with Gasteiger partial charge in [-0.2, -0.15) is 27.6 Å². The number of anilines is 1. The van der Waals surface area contributed by atoms with E-state index in [9.17, 15) is 17.6 Å². The van der Waals surface area contributed by atoms with Crippen LogP contribution in [0, 0.1) is 23.5 Å². The smallest absolute Gasteiger partial charge is 0.254 e. The van der Waals surface area contributed by atoms with Gasteiger partial charge in [-0.3, -0.25) is 5.43 Å². The summed E-state index contributed by atoms with van der Waals surface area (Å²) in [6.45, 7) is 1.54. The van der Waals surface area contributed by atoms with Crippen molar-refractivity contribution in [3.8, 4) is 5.69 Å². The van der Waals surface area contributed by atoms with Gasteiger partial charge in [-0.05, 0) is 35.0 Å². The molecule has 0 bridgehead atoms. The molecular formula is C14H9F4N7. The molecular weight excluding hydrogens is 342 g/mol. The van der Waals surface area contributed by atoms with Gasteiger partial charge in [0.05, 0.1) is 11.4 Å². The number of nitrogens with zero attached hydrogens (tertiary/aromatic N) is 6. The van der Waals surface area contributed by atoms with E-state index in [2.05, 4.69) is 25.6 Å². The molecule has 0 unspecified atom stereocenters. The van der Waals surface area contributed by atoms with Crippen molar-refractivity contribution < 1.29 is 17.6 Å². The third kappa shape index (κ3) is 3.29.